The number of nitrogens with zero attached hydrogens (tertiary/aromatic N) is 4. The molecule has 6 nitrogen and oxygen atoms in total. The van der Waals surface area contributed by atoms with Gasteiger partial charge < -0.3 is 15.0 Å². The molecule has 0 aromatic carbocycles. The van der Waals surface area contributed by atoms with E-state index in [1.165, 1.54) is 25.8 Å². The Morgan fingerprint density at radius 1 is 1.54 bits per heavy atom. The van der Waals surface area contributed by atoms with E-state index in [4.69, 9.17) is 4.74 Å². The van der Waals surface area contributed by atoms with E-state index in [0.29, 0.717) is 6.04 Å². The van der Waals surface area contributed by atoms with Crippen LogP contribution in [0.4, 0.5) is 0 Å². The average molecular weight is 495 g/mol. The molecule has 1 aromatic rings. The minimum Gasteiger partial charge on any atom is -0.375 e. The smallest absolute Gasteiger partial charge is 0.193 e. The topological polar surface area (TPSA) is 53.0 Å². The number of ether oxygens (including phenoxy) is 1. The van der Waals surface area contributed by atoms with Crippen LogP contribution in [0.15, 0.2) is 10.4 Å². The van der Waals surface area contributed by atoms with Gasteiger partial charge in [0, 0.05) is 45.7 Å². The molecule has 26 heavy (non-hydrogen) atoms. The Morgan fingerprint density at radius 3 is 2.96 bits per heavy atom. The zero-order valence-corrected chi connectivity index (χ0v) is 19.8. The molecule has 8 heteroatoms. The molecule has 150 valence electrons. The molecule has 1 saturated heterocycles. The van der Waals surface area contributed by atoms with Crippen molar-refractivity contribution in [3.05, 3.63) is 16.1 Å². The summed E-state index contributed by atoms with van der Waals surface area (Å²) in [6, 6.07) is 0.700. The molecular formula is C18H34IN5OS. The van der Waals surface area contributed by atoms with Gasteiger partial charge in [-0.3, -0.25) is 9.89 Å². The maximum Gasteiger partial charge on any atom is 0.193 e. The summed E-state index contributed by atoms with van der Waals surface area (Å²) in [5.74, 6) is 0.916. The minimum atomic E-state index is 0. The van der Waals surface area contributed by atoms with Crippen molar-refractivity contribution in [3.8, 4) is 0 Å². The van der Waals surface area contributed by atoms with E-state index in [0.717, 1.165) is 36.3 Å². The van der Waals surface area contributed by atoms with Gasteiger partial charge >= 0.3 is 0 Å². The molecular weight excluding hydrogens is 461 g/mol. The maximum absolute atomic E-state index is 5.34. The van der Waals surface area contributed by atoms with Gasteiger partial charge in [-0.15, -0.1) is 35.3 Å². The van der Waals surface area contributed by atoms with Crippen LogP contribution >= 0.6 is 35.3 Å². The van der Waals surface area contributed by atoms with Crippen molar-refractivity contribution >= 4 is 41.3 Å². The first-order valence-corrected chi connectivity index (χ1v) is 10.1. The first-order chi connectivity index (χ1) is 12.0. The lowest BCUT2D eigenvalue weighted by atomic mass is 10.0. The van der Waals surface area contributed by atoms with Gasteiger partial charge in [-0.1, -0.05) is 6.42 Å². The molecule has 0 radical (unpaired) electrons. The van der Waals surface area contributed by atoms with Crippen LogP contribution in [0.1, 0.15) is 49.9 Å². The van der Waals surface area contributed by atoms with Crippen molar-refractivity contribution in [3.63, 3.8) is 0 Å². The predicted octanol–water partition coefficient (Wildman–Crippen LogP) is 3.35. The lowest BCUT2D eigenvalue weighted by molar-refractivity contribution is 0.119. The fraction of sp³-hybridized carbons (Fsp3) is 0.778. The number of guanidine groups is 1. The second-order valence-electron chi connectivity index (χ2n) is 6.77. The highest BCUT2D eigenvalue weighted by molar-refractivity contribution is 14.0. The van der Waals surface area contributed by atoms with Crippen molar-refractivity contribution in [2.24, 2.45) is 4.99 Å². The van der Waals surface area contributed by atoms with E-state index in [9.17, 15) is 0 Å². The zero-order valence-electron chi connectivity index (χ0n) is 16.7. The quantitative estimate of drug-likeness (QED) is 0.357. The van der Waals surface area contributed by atoms with Gasteiger partial charge in [0.2, 0.25) is 0 Å². The van der Waals surface area contributed by atoms with Crippen LogP contribution in [0.5, 0.6) is 0 Å². The van der Waals surface area contributed by atoms with Crippen LogP contribution in [-0.4, -0.2) is 67.6 Å². The van der Waals surface area contributed by atoms with E-state index >= 15 is 0 Å². The molecule has 2 heterocycles. The number of thiazole rings is 1. The van der Waals surface area contributed by atoms with Gasteiger partial charge in [0.05, 0.1) is 12.2 Å². The number of halogens is 1. The van der Waals surface area contributed by atoms with E-state index in [1.807, 2.05) is 14.0 Å². The Labute approximate surface area is 179 Å². The fourth-order valence-electron chi connectivity index (χ4n) is 3.19. The molecule has 0 spiro atoms. The van der Waals surface area contributed by atoms with Crippen LogP contribution in [0.2, 0.25) is 0 Å². The van der Waals surface area contributed by atoms with Gasteiger partial charge in [-0.2, -0.15) is 0 Å². The molecule has 2 atom stereocenters. The van der Waals surface area contributed by atoms with E-state index in [2.05, 4.69) is 44.4 Å². The zero-order chi connectivity index (χ0) is 18.2. The molecule has 0 amide bonds. The van der Waals surface area contributed by atoms with E-state index in [1.54, 1.807) is 18.4 Å². The summed E-state index contributed by atoms with van der Waals surface area (Å²) in [4.78, 5) is 13.8. The second-order valence-corrected chi connectivity index (χ2v) is 7.66. The van der Waals surface area contributed by atoms with Gasteiger partial charge in [0.25, 0.3) is 0 Å². The third-order valence-corrected chi connectivity index (χ3v) is 5.92. The third kappa shape index (κ3) is 6.94. The van der Waals surface area contributed by atoms with Crippen molar-refractivity contribution in [2.75, 3.05) is 40.8 Å². The highest BCUT2D eigenvalue weighted by Gasteiger charge is 2.18. The van der Waals surface area contributed by atoms with Crippen LogP contribution in [0.25, 0.3) is 0 Å². The van der Waals surface area contributed by atoms with E-state index < -0.39 is 0 Å². The largest absolute Gasteiger partial charge is 0.375 e. The van der Waals surface area contributed by atoms with Gasteiger partial charge in [-0.05, 0) is 33.2 Å². The number of piperidine rings is 1. The van der Waals surface area contributed by atoms with Crippen LogP contribution in [-0.2, 0) is 11.3 Å². The summed E-state index contributed by atoms with van der Waals surface area (Å²) in [6.07, 6.45) is 4.06. The first-order valence-electron chi connectivity index (χ1n) is 9.18. The highest BCUT2D eigenvalue weighted by atomic mass is 127. The third-order valence-electron chi connectivity index (χ3n) is 4.87. The molecule has 1 aliphatic rings. The summed E-state index contributed by atoms with van der Waals surface area (Å²) >= 11 is 1.65. The Morgan fingerprint density at radius 2 is 2.31 bits per heavy atom. The molecule has 1 aliphatic heterocycles. The summed E-state index contributed by atoms with van der Waals surface area (Å²) in [5, 5.41) is 6.61. The Hall–Kier alpha value is -0.450. The molecule has 0 aliphatic carbocycles. The van der Waals surface area contributed by atoms with Gasteiger partial charge in [0.1, 0.15) is 11.1 Å². The molecule has 1 fully saturated rings. The summed E-state index contributed by atoms with van der Waals surface area (Å²) in [7, 11) is 5.60. The Kier molecular flexibility index (Phi) is 11.0. The molecule has 2 unspecified atom stereocenters. The summed E-state index contributed by atoms with van der Waals surface area (Å²) in [5.41, 5.74) is 1.05. The SMILES string of the molecule is CN=C(NCCN1CCCCC1C)N(C)Cc1csc(C(C)OC)n1.I. The molecule has 1 N–H and O–H groups in total. The number of hydrogen-bond donors (Lipinski definition) is 1. The normalized spacial score (nSPS) is 19.7. The average Bonchev–Trinajstić information content (AvgIpc) is 3.07. The van der Waals surface area contributed by atoms with Crippen LogP contribution < -0.4 is 5.32 Å². The van der Waals surface area contributed by atoms with E-state index in [-0.39, 0.29) is 30.1 Å². The summed E-state index contributed by atoms with van der Waals surface area (Å²) in [6.45, 7) is 8.31. The highest BCUT2D eigenvalue weighted by Crippen LogP contribution is 2.21. The fourth-order valence-corrected chi connectivity index (χ4v) is 4.03. The number of likely N-dealkylation sites (tertiary alicyclic amines) is 1. The first kappa shape index (κ1) is 23.6. The number of hydrogen-bond acceptors (Lipinski definition) is 5. The number of rotatable bonds is 7. The Bertz CT molecular complexity index is 553. The van der Waals surface area contributed by atoms with Crippen LogP contribution in [0.3, 0.4) is 0 Å². The number of nitrogens with one attached hydrogen (secondary N) is 1. The van der Waals surface area contributed by atoms with Crippen LogP contribution in [0, 0.1) is 0 Å². The lowest BCUT2D eigenvalue weighted by Crippen LogP contribution is -2.45. The number of aliphatic imine (C=N–C) groups is 1. The van der Waals surface area contributed by atoms with Crippen molar-refractivity contribution in [1.82, 2.24) is 20.1 Å². The second kappa shape index (κ2) is 12.1. The molecule has 0 bridgehead atoms. The molecule has 0 saturated carbocycles. The maximum atomic E-state index is 5.34. The summed E-state index contributed by atoms with van der Waals surface area (Å²) < 4.78 is 5.34. The minimum absolute atomic E-state index is 0. The Balaban J connectivity index is 0.00000338. The van der Waals surface area contributed by atoms with Crippen molar-refractivity contribution in [1.29, 1.82) is 0 Å². The predicted molar refractivity (Wildman–Crippen MR) is 121 cm³/mol. The van der Waals surface area contributed by atoms with Gasteiger partial charge in [-0.25, -0.2) is 4.98 Å². The molecule has 2 rings (SSSR count). The lowest BCUT2D eigenvalue weighted by Gasteiger charge is -2.33. The van der Waals surface area contributed by atoms with Gasteiger partial charge in [0.15, 0.2) is 5.96 Å². The number of methoxy groups -OCH3 is 1. The number of aromatic nitrogens is 1. The van der Waals surface area contributed by atoms with Crippen molar-refractivity contribution < 1.29 is 4.74 Å². The standard InChI is InChI=1S/C18H33N5OS.HI/c1-14-8-6-7-10-23(14)11-9-20-18(19-3)22(4)12-16-13-25-17(21-16)15(2)24-5;/h13-15H,6-12H2,1-5H3,(H,19,20);1H. The van der Waals surface area contributed by atoms with Crippen molar-refractivity contribution in [2.45, 2.75) is 51.8 Å². The molecule has 1 aromatic heterocycles. The monoisotopic (exact) mass is 495 g/mol.